The van der Waals surface area contributed by atoms with Crippen molar-refractivity contribution in [3.8, 4) is 11.5 Å². The first-order valence-corrected chi connectivity index (χ1v) is 10.3. The number of benzene rings is 3. The van der Waals surface area contributed by atoms with Gasteiger partial charge in [-0.25, -0.2) is 4.39 Å². The van der Waals surface area contributed by atoms with Crippen molar-refractivity contribution in [2.45, 2.75) is 19.6 Å². The van der Waals surface area contributed by atoms with Crippen molar-refractivity contribution in [3.05, 3.63) is 83.1 Å². The van der Waals surface area contributed by atoms with Crippen LogP contribution in [0, 0.1) is 5.82 Å². The van der Waals surface area contributed by atoms with Crippen molar-refractivity contribution < 1.29 is 23.5 Å². The van der Waals surface area contributed by atoms with Crippen LogP contribution in [0.15, 0.2) is 66.7 Å². The summed E-state index contributed by atoms with van der Waals surface area (Å²) in [6, 6.07) is 17.9. The van der Waals surface area contributed by atoms with E-state index in [1.165, 1.54) is 11.0 Å². The number of carbonyl (C=O) groups is 2. The lowest BCUT2D eigenvalue weighted by molar-refractivity contribution is -0.125. The molecule has 2 amide bonds. The molecule has 32 heavy (non-hydrogen) atoms. The molecule has 1 heterocycles. The fraction of sp³-hybridized carbons (Fsp3) is 0.167. The molecule has 0 bridgehead atoms. The Morgan fingerprint density at radius 2 is 1.91 bits per heavy atom. The number of amides is 2. The Balaban J connectivity index is 1.50. The first-order chi connectivity index (χ1) is 15.4. The molecule has 1 aliphatic rings. The fourth-order valence-corrected chi connectivity index (χ4v) is 3.45. The smallest absolute Gasteiger partial charge is 0.268 e. The lowest BCUT2D eigenvalue weighted by Gasteiger charge is -2.33. The summed E-state index contributed by atoms with van der Waals surface area (Å²) in [6.45, 7) is 1.48. The zero-order chi connectivity index (χ0) is 22.7. The number of fused-ring (bicyclic) bond motifs is 1. The second-order valence-corrected chi connectivity index (χ2v) is 7.69. The van der Waals surface area contributed by atoms with Gasteiger partial charge in [0.1, 0.15) is 17.3 Å². The number of hydrogen-bond acceptors (Lipinski definition) is 4. The first-order valence-electron chi connectivity index (χ1n) is 9.94. The van der Waals surface area contributed by atoms with Crippen LogP contribution in [-0.4, -0.2) is 24.5 Å². The molecule has 164 valence electrons. The maximum Gasteiger partial charge on any atom is 0.268 e. The topological polar surface area (TPSA) is 67.9 Å². The summed E-state index contributed by atoms with van der Waals surface area (Å²) >= 11 is 5.84. The molecule has 0 saturated carbocycles. The third-order valence-electron chi connectivity index (χ3n) is 4.92. The summed E-state index contributed by atoms with van der Waals surface area (Å²) in [4.78, 5) is 26.6. The van der Waals surface area contributed by atoms with Crippen molar-refractivity contribution in [1.29, 1.82) is 0 Å². The van der Waals surface area contributed by atoms with Gasteiger partial charge in [-0.15, -0.1) is 0 Å². The summed E-state index contributed by atoms with van der Waals surface area (Å²) in [5.41, 5.74) is 1.29. The van der Waals surface area contributed by atoms with E-state index in [-0.39, 0.29) is 25.0 Å². The van der Waals surface area contributed by atoms with E-state index in [0.29, 0.717) is 33.5 Å². The van der Waals surface area contributed by atoms with E-state index < -0.39 is 11.9 Å². The molecule has 0 saturated heterocycles. The van der Waals surface area contributed by atoms with Crippen LogP contribution in [0.2, 0.25) is 5.02 Å². The van der Waals surface area contributed by atoms with E-state index in [1.54, 1.807) is 67.6 Å². The molecule has 0 aliphatic carbocycles. The third-order valence-corrected chi connectivity index (χ3v) is 5.17. The zero-order valence-electron chi connectivity index (χ0n) is 17.2. The molecule has 0 aromatic heterocycles. The van der Waals surface area contributed by atoms with Crippen LogP contribution in [0.3, 0.4) is 0 Å². The van der Waals surface area contributed by atoms with E-state index in [1.807, 2.05) is 0 Å². The molecule has 1 N–H and O–H groups in total. The first kappa shape index (κ1) is 21.6. The van der Waals surface area contributed by atoms with Crippen LogP contribution in [-0.2, 0) is 16.1 Å². The number of rotatable bonds is 6. The van der Waals surface area contributed by atoms with Gasteiger partial charge in [-0.3, -0.25) is 9.59 Å². The van der Waals surface area contributed by atoms with Gasteiger partial charge in [0.25, 0.3) is 11.8 Å². The standard InChI is InChI=1S/C24H20ClFN2O4/c1-15-24(30)28(13-16-4-2-3-5-20(16)26)21-12-18(8-11-22(21)32-15)27-23(29)14-31-19-9-6-17(25)7-10-19/h2-12,15H,13-14H2,1H3,(H,27,29). The van der Waals surface area contributed by atoms with Crippen molar-refractivity contribution >= 4 is 34.8 Å². The summed E-state index contributed by atoms with van der Waals surface area (Å²) < 4.78 is 25.3. The number of halogens is 2. The predicted octanol–water partition coefficient (Wildman–Crippen LogP) is 4.81. The molecule has 0 spiro atoms. The van der Waals surface area contributed by atoms with Crippen LogP contribution >= 0.6 is 11.6 Å². The number of nitrogens with zero attached hydrogens (tertiary/aromatic N) is 1. The molecule has 3 aromatic carbocycles. The predicted molar refractivity (Wildman–Crippen MR) is 120 cm³/mol. The maximum absolute atomic E-state index is 14.2. The van der Waals surface area contributed by atoms with Gasteiger partial charge < -0.3 is 19.7 Å². The maximum atomic E-state index is 14.2. The van der Waals surface area contributed by atoms with Gasteiger partial charge in [0.05, 0.1) is 12.2 Å². The average Bonchev–Trinajstić information content (AvgIpc) is 2.78. The van der Waals surface area contributed by atoms with E-state index in [4.69, 9.17) is 21.1 Å². The molecule has 8 heteroatoms. The molecule has 1 aliphatic heterocycles. The normalized spacial score (nSPS) is 15.0. The average molecular weight is 455 g/mol. The zero-order valence-corrected chi connectivity index (χ0v) is 17.9. The lowest BCUT2D eigenvalue weighted by atomic mass is 10.1. The molecular weight excluding hydrogens is 435 g/mol. The molecule has 0 fully saturated rings. The number of ether oxygens (including phenoxy) is 2. The van der Waals surface area contributed by atoms with Crippen molar-refractivity contribution in [2.75, 3.05) is 16.8 Å². The molecule has 1 unspecified atom stereocenters. The van der Waals surface area contributed by atoms with Crippen LogP contribution in [0.4, 0.5) is 15.8 Å². The number of anilines is 2. The minimum atomic E-state index is -0.706. The summed E-state index contributed by atoms with van der Waals surface area (Å²) in [7, 11) is 0. The fourth-order valence-electron chi connectivity index (χ4n) is 3.32. The largest absolute Gasteiger partial charge is 0.484 e. The molecule has 3 aromatic rings. The Kier molecular flexibility index (Phi) is 6.28. The van der Waals surface area contributed by atoms with Gasteiger partial charge in [0.15, 0.2) is 12.7 Å². The highest BCUT2D eigenvalue weighted by atomic mass is 35.5. The minimum Gasteiger partial charge on any atom is -0.484 e. The Bertz CT molecular complexity index is 1150. The van der Waals surface area contributed by atoms with E-state index in [0.717, 1.165) is 0 Å². The van der Waals surface area contributed by atoms with Gasteiger partial charge in [0, 0.05) is 16.3 Å². The highest BCUT2D eigenvalue weighted by molar-refractivity contribution is 6.30. The molecule has 1 atom stereocenters. The monoisotopic (exact) mass is 454 g/mol. The molecular formula is C24H20ClFN2O4. The summed E-state index contributed by atoms with van der Waals surface area (Å²) in [5.74, 6) is -0.0834. The van der Waals surface area contributed by atoms with Crippen molar-refractivity contribution in [2.24, 2.45) is 0 Å². The van der Waals surface area contributed by atoms with Crippen LogP contribution in [0.25, 0.3) is 0 Å². The minimum absolute atomic E-state index is 0.0449. The third kappa shape index (κ3) is 4.84. The van der Waals surface area contributed by atoms with E-state index in [9.17, 15) is 14.0 Å². The van der Waals surface area contributed by atoms with Crippen LogP contribution in [0.1, 0.15) is 12.5 Å². The van der Waals surface area contributed by atoms with Gasteiger partial charge in [-0.2, -0.15) is 0 Å². The summed E-state index contributed by atoms with van der Waals surface area (Å²) in [5, 5.41) is 3.31. The Labute approximate surface area is 189 Å². The van der Waals surface area contributed by atoms with Crippen molar-refractivity contribution in [3.63, 3.8) is 0 Å². The van der Waals surface area contributed by atoms with Gasteiger partial charge >= 0.3 is 0 Å². The SMILES string of the molecule is CC1Oc2ccc(NC(=O)COc3ccc(Cl)cc3)cc2N(Cc2ccccc2F)C1=O. The summed E-state index contributed by atoms with van der Waals surface area (Å²) in [6.07, 6.45) is -0.706. The molecule has 0 radical (unpaired) electrons. The Morgan fingerprint density at radius 1 is 1.16 bits per heavy atom. The molecule has 6 nitrogen and oxygen atoms in total. The van der Waals surface area contributed by atoms with Gasteiger partial charge in [-0.05, 0) is 55.5 Å². The Hall–Kier alpha value is -3.58. The Morgan fingerprint density at radius 3 is 2.66 bits per heavy atom. The second-order valence-electron chi connectivity index (χ2n) is 7.25. The van der Waals surface area contributed by atoms with Gasteiger partial charge in [0.2, 0.25) is 0 Å². The number of carbonyl (C=O) groups excluding carboxylic acids is 2. The highest BCUT2D eigenvalue weighted by Crippen LogP contribution is 2.37. The quantitative estimate of drug-likeness (QED) is 0.580. The second kappa shape index (κ2) is 9.28. The van der Waals surface area contributed by atoms with Crippen LogP contribution in [0.5, 0.6) is 11.5 Å². The van der Waals surface area contributed by atoms with Crippen molar-refractivity contribution in [1.82, 2.24) is 0 Å². The van der Waals surface area contributed by atoms with Gasteiger partial charge in [-0.1, -0.05) is 29.8 Å². The number of nitrogens with one attached hydrogen (secondary N) is 1. The van der Waals surface area contributed by atoms with E-state index >= 15 is 0 Å². The lowest BCUT2D eigenvalue weighted by Crippen LogP contribution is -2.44. The molecule has 4 rings (SSSR count). The van der Waals surface area contributed by atoms with Crippen LogP contribution < -0.4 is 19.7 Å². The highest BCUT2D eigenvalue weighted by Gasteiger charge is 2.32. The van der Waals surface area contributed by atoms with E-state index in [2.05, 4.69) is 5.32 Å². The number of hydrogen-bond donors (Lipinski definition) is 1.